The molecule has 4 rings (SSSR count). The zero-order chi connectivity index (χ0) is 19.0. The van der Waals surface area contributed by atoms with Crippen LogP contribution in [0.15, 0.2) is 63.7 Å². The normalized spacial score (nSPS) is 12.7. The van der Waals surface area contributed by atoms with Crippen molar-refractivity contribution in [1.29, 1.82) is 0 Å². The quantitative estimate of drug-likeness (QED) is 0.634. The predicted molar refractivity (Wildman–Crippen MR) is 105 cm³/mol. The minimum atomic E-state index is -0.404. The van der Waals surface area contributed by atoms with Gasteiger partial charge >= 0.3 is 0 Å². The number of benzene rings is 2. The summed E-state index contributed by atoms with van der Waals surface area (Å²) in [4.78, 5) is 27.0. The highest BCUT2D eigenvalue weighted by atomic mass is 79.9. The fourth-order valence-electron chi connectivity index (χ4n) is 2.95. The minimum absolute atomic E-state index is 0.169. The van der Waals surface area contributed by atoms with Gasteiger partial charge in [-0.1, -0.05) is 12.1 Å². The van der Waals surface area contributed by atoms with E-state index in [-0.39, 0.29) is 11.7 Å². The molecule has 3 aromatic rings. The van der Waals surface area contributed by atoms with E-state index >= 15 is 0 Å². The number of anilines is 2. The zero-order valence-electron chi connectivity index (χ0n) is 14.4. The molecule has 0 atom stereocenters. The largest absolute Gasteiger partial charge is 0.454 e. The summed E-state index contributed by atoms with van der Waals surface area (Å²) in [6, 6.07) is 15.6. The van der Waals surface area contributed by atoms with Crippen LogP contribution in [0.25, 0.3) is 0 Å². The highest BCUT2D eigenvalue weighted by Gasteiger charge is 2.27. The first-order valence-electron chi connectivity index (χ1n) is 8.36. The van der Waals surface area contributed by atoms with Crippen LogP contribution >= 0.6 is 15.9 Å². The maximum atomic E-state index is 13.1. The van der Waals surface area contributed by atoms with E-state index in [9.17, 15) is 9.59 Å². The third-order valence-electron chi connectivity index (χ3n) is 4.20. The number of amides is 2. The number of furan rings is 1. The number of para-hydroxylation sites is 2. The molecule has 0 saturated heterocycles. The van der Waals surface area contributed by atoms with Gasteiger partial charge in [0.25, 0.3) is 11.8 Å². The molecule has 0 saturated carbocycles. The van der Waals surface area contributed by atoms with E-state index in [1.165, 1.54) is 0 Å². The van der Waals surface area contributed by atoms with E-state index in [1.807, 2.05) is 31.2 Å². The smallest absolute Gasteiger partial charge is 0.291 e. The Balaban J connectivity index is 1.69. The lowest BCUT2D eigenvalue weighted by Crippen LogP contribution is -2.29. The maximum Gasteiger partial charge on any atom is 0.291 e. The molecule has 0 unspecified atom stereocenters. The van der Waals surface area contributed by atoms with Crippen molar-refractivity contribution >= 4 is 39.1 Å². The van der Waals surface area contributed by atoms with E-state index in [4.69, 9.17) is 9.15 Å². The summed E-state index contributed by atoms with van der Waals surface area (Å²) in [7, 11) is 0. The van der Waals surface area contributed by atoms with Crippen molar-refractivity contribution in [3.05, 3.63) is 70.6 Å². The first kappa shape index (κ1) is 17.4. The zero-order valence-corrected chi connectivity index (χ0v) is 15.9. The molecule has 0 radical (unpaired) electrons. The van der Waals surface area contributed by atoms with Gasteiger partial charge in [-0.25, -0.2) is 0 Å². The van der Waals surface area contributed by atoms with Crippen LogP contribution in [0.5, 0.6) is 11.5 Å². The molecule has 0 aliphatic carbocycles. The van der Waals surface area contributed by atoms with Crippen molar-refractivity contribution in [2.45, 2.75) is 6.92 Å². The van der Waals surface area contributed by atoms with Crippen molar-refractivity contribution in [1.82, 2.24) is 0 Å². The molecule has 2 heterocycles. The SMILES string of the molecule is CCN1C(=O)c2cc(NC(=O)c3ccc(Br)o3)ccc2Oc2ccccc21. The van der Waals surface area contributed by atoms with Gasteiger partial charge < -0.3 is 19.4 Å². The Morgan fingerprint density at radius 3 is 2.67 bits per heavy atom. The number of carbonyl (C=O) groups excluding carboxylic acids is 2. The standard InChI is InChI=1S/C20H15BrN2O4/c1-2-23-14-5-3-4-6-16(14)26-15-8-7-12(11-13(15)20(23)25)22-19(24)17-9-10-18(21)27-17/h3-11H,2H2,1H3,(H,22,24). The second-order valence-corrected chi connectivity index (χ2v) is 6.67. The minimum Gasteiger partial charge on any atom is -0.454 e. The summed E-state index contributed by atoms with van der Waals surface area (Å²) in [5, 5.41) is 2.74. The Morgan fingerprint density at radius 1 is 1.11 bits per heavy atom. The third-order valence-corrected chi connectivity index (χ3v) is 4.63. The average Bonchev–Trinajstić information content (AvgIpc) is 3.06. The molecule has 1 aliphatic heterocycles. The number of fused-ring (bicyclic) bond motifs is 2. The molecule has 0 fully saturated rings. The van der Waals surface area contributed by atoms with Gasteiger partial charge in [-0.3, -0.25) is 9.59 Å². The lowest BCUT2D eigenvalue weighted by atomic mass is 10.1. The number of halogens is 1. The van der Waals surface area contributed by atoms with Crippen LogP contribution in [-0.2, 0) is 0 Å². The number of carbonyl (C=O) groups is 2. The van der Waals surface area contributed by atoms with Gasteiger partial charge in [0.15, 0.2) is 16.2 Å². The van der Waals surface area contributed by atoms with Crippen molar-refractivity contribution in [3.8, 4) is 11.5 Å². The van der Waals surface area contributed by atoms with Crippen LogP contribution in [0.2, 0.25) is 0 Å². The number of hydrogen-bond acceptors (Lipinski definition) is 4. The number of hydrogen-bond donors (Lipinski definition) is 1. The number of ether oxygens (including phenoxy) is 1. The molecule has 7 heteroatoms. The fourth-order valence-corrected chi connectivity index (χ4v) is 3.25. The van der Waals surface area contributed by atoms with Crippen molar-refractivity contribution < 1.29 is 18.7 Å². The molecule has 6 nitrogen and oxygen atoms in total. The molecule has 1 aromatic heterocycles. The first-order chi connectivity index (χ1) is 13.1. The molecule has 2 aromatic carbocycles. The van der Waals surface area contributed by atoms with Crippen molar-refractivity contribution in [2.24, 2.45) is 0 Å². The van der Waals surface area contributed by atoms with Gasteiger partial charge in [-0.05, 0) is 65.3 Å². The van der Waals surface area contributed by atoms with E-state index in [0.29, 0.717) is 39.7 Å². The van der Waals surface area contributed by atoms with Crippen LogP contribution < -0.4 is 15.0 Å². The molecule has 0 bridgehead atoms. The molecule has 1 aliphatic rings. The Bertz CT molecular complexity index is 1040. The molecular formula is C20H15BrN2O4. The van der Waals surface area contributed by atoms with E-state index in [2.05, 4.69) is 21.2 Å². The molecule has 27 heavy (non-hydrogen) atoms. The van der Waals surface area contributed by atoms with Crippen LogP contribution in [0, 0.1) is 0 Å². The Morgan fingerprint density at radius 2 is 1.93 bits per heavy atom. The number of nitrogens with one attached hydrogen (secondary N) is 1. The van der Waals surface area contributed by atoms with Gasteiger partial charge in [0.1, 0.15) is 5.75 Å². The summed E-state index contributed by atoms with van der Waals surface area (Å²) in [6.07, 6.45) is 0. The summed E-state index contributed by atoms with van der Waals surface area (Å²) >= 11 is 3.17. The second kappa shape index (κ2) is 6.92. The fraction of sp³-hybridized carbons (Fsp3) is 0.100. The highest BCUT2D eigenvalue weighted by molar-refractivity contribution is 9.10. The first-order valence-corrected chi connectivity index (χ1v) is 9.15. The van der Waals surface area contributed by atoms with Gasteiger partial charge in [0, 0.05) is 12.2 Å². The summed E-state index contributed by atoms with van der Waals surface area (Å²) in [5.41, 5.74) is 1.57. The van der Waals surface area contributed by atoms with Crippen molar-refractivity contribution in [2.75, 3.05) is 16.8 Å². The Hall–Kier alpha value is -3.06. The molecule has 0 spiro atoms. The van der Waals surface area contributed by atoms with Gasteiger partial charge in [0.2, 0.25) is 0 Å². The maximum absolute atomic E-state index is 13.1. The monoisotopic (exact) mass is 426 g/mol. The Kier molecular flexibility index (Phi) is 4.45. The van der Waals surface area contributed by atoms with Crippen LogP contribution in [-0.4, -0.2) is 18.4 Å². The predicted octanol–water partition coefficient (Wildman–Crippen LogP) is 5.07. The lowest BCUT2D eigenvalue weighted by Gasteiger charge is -2.19. The summed E-state index contributed by atoms with van der Waals surface area (Å²) < 4.78 is 11.7. The topological polar surface area (TPSA) is 71.8 Å². The number of nitrogens with zero attached hydrogens (tertiary/aromatic N) is 1. The average molecular weight is 427 g/mol. The van der Waals surface area contributed by atoms with E-state index in [0.717, 1.165) is 0 Å². The number of rotatable bonds is 3. The highest BCUT2D eigenvalue weighted by Crippen LogP contribution is 2.39. The molecular weight excluding hydrogens is 412 g/mol. The van der Waals surface area contributed by atoms with Crippen LogP contribution in [0.4, 0.5) is 11.4 Å². The lowest BCUT2D eigenvalue weighted by molar-refractivity contribution is 0.0981. The van der Waals surface area contributed by atoms with Crippen molar-refractivity contribution in [3.63, 3.8) is 0 Å². The van der Waals surface area contributed by atoms with E-state index < -0.39 is 5.91 Å². The summed E-state index contributed by atoms with van der Waals surface area (Å²) in [6.45, 7) is 2.40. The van der Waals surface area contributed by atoms with Gasteiger partial charge in [0.05, 0.1) is 11.3 Å². The van der Waals surface area contributed by atoms with Gasteiger partial charge in [-0.2, -0.15) is 0 Å². The second-order valence-electron chi connectivity index (χ2n) is 5.89. The Labute approximate surface area is 163 Å². The van der Waals surface area contributed by atoms with E-state index in [1.54, 1.807) is 35.2 Å². The molecule has 1 N–H and O–H groups in total. The summed E-state index contributed by atoms with van der Waals surface area (Å²) in [5.74, 6) is 0.639. The molecule has 2 amide bonds. The molecule has 136 valence electrons. The van der Waals surface area contributed by atoms with Gasteiger partial charge in [-0.15, -0.1) is 0 Å². The third kappa shape index (κ3) is 3.21. The van der Waals surface area contributed by atoms with Crippen LogP contribution in [0.1, 0.15) is 27.8 Å². The van der Waals surface area contributed by atoms with Crippen LogP contribution in [0.3, 0.4) is 0 Å².